The Morgan fingerprint density at radius 1 is 1.26 bits per heavy atom. The van der Waals surface area contributed by atoms with Crippen LogP contribution in [-0.2, 0) is 4.79 Å². The van der Waals surface area contributed by atoms with Gasteiger partial charge in [-0.25, -0.2) is 0 Å². The first-order chi connectivity index (χ1) is 11.2. The van der Waals surface area contributed by atoms with Gasteiger partial charge in [0.05, 0.1) is 7.11 Å². The molecule has 23 heavy (non-hydrogen) atoms. The van der Waals surface area contributed by atoms with Crippen LogP contribution in [-0.4, -0.2) is 50.1 Å². The molecule has 1 saturated heterocycles. The minimum absolute atomic E-state index is 0.219. The number of rotatable bonds is 4. The summed E-state index contributed by atoms with van der Waals surface area (Å²) >= 11 is 0. The lowest BCUT2D eigenvalue weighted by atomic mass is 9.99. The molecule has 1 heterocycles. The van der Waals surface area contributed by atoms with Gasteiger partial charge in [-0.2, -0.15) is 0 Å². The first kappa shape index (κ1) is 16.1. The number of nitrogens with zero attached hydrogens (tertiary/aromatic N) is 2. The summed E-state index contributed by atoms with van der Waals surface area (Å²) in [4.78, 5) is 16.8. The highest BCUT2D eigenvalue weighted by Crippen LogP contribution is 2.28. The zero-order valence-corrected chi connectivity index (χ0v) is 13.9. The van der Waals surface area contributed by atoms with Crippen LogP contribution in [0.3, 0.4) is 0 Å². The summed E-state index contributed by atoms with van der Waals surface area (Å²) in [5, 5.41) is 0. The molecule has 0 radical (unpaired) electrons. The molecule has 2 fully saturated rings. The monoisotopic (exact) mass is 317 g/mol. The fraction of sp³-hybridized carbons (Fsp3) is 0.611. The number of hydrogen-bond donors (Lipinski definition) is 1. The minimum Gasteiger partial charge on any atom is -0.497 e. The molecule has 1 aliphatic carbocycles. The highest BCUT2D eigenvalue weighted by atomic mass is 16.5. The second kappa shape index (κ2) is 7.21. The largest absolute Gasteiger partial charge is 0.497 e. The van der Waals surface area contributed by atoms with Gasteiger partial charge in [0.1, 0.15) is 5.75 Å². The Bertz CT molecular complexity index is 541. The number of carbonyl (C=O) groups is 1. The summed E-state index contributed by atoms with van der Waals surface area (Å²) < 4.78 is 5.29. The van der Waals surface area contributed by atoms with E-state index in [9.17, 15) is 4.79 Å². The van der Waals surface area contributed by atoms with E-state index < -0.39 is 0 Å². The van der Waals surface area contributed by atoms with E-state index in [1.807, 2.05) is 17.0 Å². The van der Waals surface area contributed by atoms with Crippen LogP contribution in [0.2, 0.25) is 0 Å². The molecule has 5 heteroatoms. The summed E-state index contributed by atoms with van der Waals surface area (Å²) in [6.45, 7) is 3.32. The summed E-state index contributed by atoms with van der Waals surface area (Å²) in [5.41, 5.74) is 7.25. The molecule has 1 aromatic rings. The number of nitrogens with two attached hydrogens (primary N) is 1. The number of amides is 1. The average Bonchev–Trinajstić information content (AvgIpc) is 3.00. The van der Waals surface area contributed by atoms with Crippen molar-refractivity contribution in [2.75, 3.05) is 38.2 Å². The van der Waals surface area contributed by atoms with E-state index in [1.54, 1.807) is 7.11 Å². The van der Waals surface area contributed by atoms with Crippen molar-refractivity contribution in [2.24, 2.45) is 11.7 Å². The predicted octanol–water partition coefficient (Wildman–Crippen LogP) is 1.86. The standard InChI is InChI=1S/C18H27N3O2/c1-23-16-6-3-5-15(13-16)20-8-10-21(11-9-20)18(22)12-14-4-2-7-17(14)19/h3,5-6,13-14,17H,2,4,7-12,19H2,1H3/t14-,17+/m0/s1. The van der Waals surface area contributed by atoms with E-state index >= 15 is 0 Å². The molecular weight excluding hydrogens is 290 g/mol. The van der Waals surface area contributed by atoms with Crippen molar-refractivity contribution in [3.8, 4) is 5.75 Å². The molecule has 126 valence electrons. The summed E-state index contributed by atoms with van der Waals surface area (Å²) in [6.07, 6.45) is 3.97. The van der Waals surface area contributed by atoms with Gasteiger partial charge in [0.25, 0.3) is 0 Å². The Hall–Kier alpha value is -1.75. The molecule has 1 aliphatic heterocycles. The van der Waals surface area contributed by atoms with Crippen LogP contribution < -0.4 is 15.4 Å². The number of anilines is 1. The van der Waals surface area contributed by atoms with Crippen LogP contribution in [0.1, 0.15) is 25.7 Å². The van der Waals surface area contributed by atoms with Gasteiger partial charge in [-0.1, -0.05) is 12.5 Å². The highest BCUT2D eigenvalue weighted by molar-refractivity contribution is 5.77. The molecule has 2 aliphatic rings. The van der Waals surface area contributed by atoms with Crippen molar-refractivity contribution in [1.29, 1.82) is 0 Å². The van der Waals surface area contributed by atoms with E-state index in [-0.39, 0.29) is 11.9 Å². The lowest BCUT2D eigenvalue weighted by Gasteiger charge is -2.36. The molecule has 5 nitrogen and oxygen atoms in total. The van der Waals surface area contributed by atoms with Crippen molar-refractivity contribution in [3.05, 3.63) is 24.3 Å². The number of piperazine rings is 1. The van der Waals surface area contributed by atoms with Crippen LogP contribution in [0.25, 0.3) is 0 Å². The lowest BCUT2D eigenvalue weighted by Crippen LogP contribution is -2.49. The van der Waals surface area contributed by atoms with Crippen molar-refractivity contribution in [1.82, 2.24) is 4.90 Å². The minimum atomic E-state index is 0.219. The molecule has 0 spiro atoms. The first-order valence-electron chi connectivity index (χ1n) is 8.59. The van der Waals surface area contributed by atoms with Crippen LogP contribution in [0, 0.1) is 5.92 Å². The van der Waals surface area contributed by atoms with Crippen LogP contribution in [0.4, 0.5) is 5.69 Å². The molecule has 0 unspecified atom stereocenters. The maximum Gasteiger partial charge on any atom is 0.223 e. The maximum atomic E-state index is 12.5. The normalized spacial score (nSPS) is 24.8. The van der Waals surface area contributed by atoms with Gasteiger partial charge in [0.15, 0.2) is 0 Å². The summed E-state index contributed by atoms with van der Waals surface area (Å²) in [6, 6.07) is 8.32. The van der Waals surface area contributed by atoms with Gasteiger partial charge in [0.2, 0.25) is 5.91 Å². The second-order valence-electron chi connectivity index (χ2n) is 6.63. The van der Waals surface area contributed by atoms with Gasteiger partial charge in [-0.05, 0) is 30.9 Å². The van der Waals surface area contributed by atoms with Gasteiger partial charge in [-0.3, -0.25) is 4.79 Å². The number of methoxy groups -OCH3 is 1. The summed E-state index contributed by atoms with van der Waals surface area (Å²) in [7, 11) is 1.68. The third kappa shape index (κ3) is 3.78. The molecule has 2 atom stereocenters. The Kier molecular flexibility index (Phi) is 5.06. The lowest BCUT2D eigenvalue weighted by molar-refractivity contribution is -0.132. The van der Waals surface area contributed by atoms with Gasteiger partial charge >= 0.3 is 0 Å². The quantitative estimate of drug-likeness (QED) is 0.921. The molecular formula is C18H27N3O2. The molecule has 1 aromatic carbocycles. The van der Waals surface area contributed by atoms with Crippen molar-refractivity contribution in [3.63, 3.8) is 0 Å². The third-order valence-electron chi connectivity index (χ3n) is 5.21. The molecule has 3 rings (SSSR count). The Labute approximate surface area is 138 Å². The second-order valence-corrected chi connectivity index (χ2v) is 6.63. The SMILES string of the molecule is COc1cccc(N2CCN(C(=O)C[C@@H]3CCC[C@H]3N)CC2)c1. The maximum absolute atomic E-state index is 12.5. The zero-order chi connectivity index (χ0) is 16.2. The number of carbonyl (C=O) groups excluding carboxylic acids is 1. The summed E-state index contributed by atoms with van der Waals surface area (Å²) in [5.74, 6) is 1.53. The third-order valence-corrected chi connectivity index (χ3v) is 5.21. The topological polar surface area (TPSA) is 58.8 Å². The number of benzene rings is 1. The van der Waals surface area contributed by atoms with Crippen LogP contribution in [0.15, 0.2) is 24.3 Å². The molecule has 2 N–H and O–H groups in total. The van der Waals surface area contributed by atoms with E-state index in [4.69, 9.17) is 10.5 Å². The van der Waals surface area contributed by atoms with E-state index in [1.165, 1.54) is 6.42 Å². The Morgan fingerprint density at radius 2 is 2.04 bits per heavy atom. The van der Waals surface area contributed by atoms with E-state index in [0.29, 0.717) is 12.3 Å². The zero-order valence-electron chi connectivity index (χ0n) is 13.9. The fourth-order valence-electron chi connectivity index (χ4n) is 3.69. The smallest absolute Gasteiger partial charge is 0.223 e. The molecule has 0 bridgehead atoms. The van der Waals surface area contributed by atoms with Crippen LogP contribution >= 0.6 is 0 Å². The van der Waals surface area contributed by atoms with Crippen molar-refractivity contribution < 1.29 is 9.53 Å². The van der Waals surface area contributed by atoms with Crippen molar-refractivity contribution in [2.45, 2.75) is 31.7 Å². The van der Waals surface area contributed by atoms with Gasteiger partial charge in [-0.15, -0.1) is 0 Å². The van der Waals surface area contributed by atoms with Gasteiger partial charge in [0, 0.05) is 50.4 Å². The van der Waals surface area contributed by atoms with Crippen molar-refractivity contribution >= 4 is 11.6 Å². The van der Waals surface area contributed by atoms with E-state index in [0.717, 1.165) is 50.5 Å². The first-order valence-corrected chi connectivity index (χ1v) is 8.59. The van der Waals surface area contributed by atoms with Gasteiger partial charge < -0.3 is 20.3 Å². The fourth-order valence-corrected chi connectivity index (χ4v) is 3.69. The number of hydrogen-bond acceptors (Lipinski definition) is 4. The molecule has 1 saturated carbocycles. The average molecular weight is 317 g/mol. The predicted molar refractivity (Wildman–Crippen MR) is 91.7 cm³/mol. The van der Waals surface area contributed by atoms with E-state index in [2.05, 4.69) is 17.0 Å². The molecule has 0 aromatic heterocycles. The Morgan fingerprint density at radius 3 is 2.70 bits per heavy atom. The highest BCUT2D eigenvalue weighted by Gasteiger charge is 2.29. The number of ether oxygens (including phenoxy) is 1. The van der Waals surface area contributed by atoms with Crippen LogP contribution in [0.5, 0.6) is 5.75 Å². The Balaban J connectivity index is 1.52. The molecule has 1 amide bonds.